The second-order valence-electron chi connectivity index (χ2n) is 10.2. The smallest absolute Gasteiger partial charge is 0.389 e. The number of halogens is 3. The van der Waals surface area contributed by atoms with Crippen molar-refractivity contribution in [1.29, 1.82) is 0 Å². The van der Waals surface area contributed by atoms with E-state index in [1.54, 1.807) is 43.3 Å². The molecular weight excluding hydrogens is 565 g/mol. The second kappa shape index (κ2) is 12.9. The van der Waals surface area contributed by atoms with Crippen molar-refractivity contribution in [2.24, 2.45) is 5.92 Å². The SMILES string of the molecule is CCCN(CCN1C[C@H](c2ccc3c(c2)OCO3)[C@@H](C(=O)O)[C@@H]1c1ccc(OC)cc1)S(=O)(=O)CCCC(F)(F)F. The summed E-state index contributed by atoms with van der Waals surface area (Å²) in [5, 5.41) is 10.4. The Morgan fingerprint density at radius 3 is 2.41 bits per heavy atom. The van der Waals surface area contributed by atoms with E-state index in [0.29, 0.717) is 30.2 Å². The molecule has 2 aliphatic heterocycles. The zero-order valence-electron chi connectivity index (χ0n) is 23.0. The molecule has 0 amide bonds. The predicted molar refractivity (Wildman–Crippen MR) is 145 cm³/mol. The van der Waals surface area contributed by atoms with E-state index in [0.717, 1.165) is 11.1 Å². The molecule has 0 aliphatic carbocycles. The van der Waals surface area contributed by atoms with Crippen molar-refractivity contribution < 1.29 is 45.7 Å². The lowest BCUT2D eigenvalue weighted by Crippen LogP contribution is -2.40. The average molecular weight is 601 g/mol. The van der Waals surface area contributed by atoms with Crippen molar-refractivity contribution in [2.45, 2.75) is 44.3 Å². The summed E-state index contributed by atoms with van der Waals surface area (Å²) in [5.41, 5.74) is 1.49. The van der Waals surface area contributed by atoms with Crippen LogP contribution >= 0.6 is 0 Å². The summed E-state index contributed by atoms with van der Waals surface area (Å²) in [6, 6.07) is 11.8. The maximum absolute atomic E-state index is 13.0. The van der Waals surface area contributed by atoms with E-state index >= 15 is 0 Å². The number of methoxy groups -OCH3 is 1. The molecule has 4 rings (SSSR count). The number of ether oxygens (including phenoxy) is 3. The van der Waals surface area contributed by atoms with Crippen molar-refractivity contribution in [3.8, 4) is 17.2 Å². The summed E-state index contributed by atoms with van der Waals surface area (Å²) in [6.45, 7) is 2.57. The number of aliphatic carboxylic acids is 1. The van der Waals surface area contributed by atoms with Gasteiger partial charge in [0.15, 0.2) is 11.5 Å². The Hall–Kier alpha value is -3.03. The van der Waals surface area contributed by atoms with Crippen molar-refractivity contribution in [1.82, 2.24) is 9.21 Å². The number of alkyl halides is 3. The van der Waals surface area contributed by atoms with E-state index in [9.17, 15) is 31.5 Å². The molecule has 0 aromatic heterocycles. The average Bonchev–Trinajstić information content (AvgIpc) is 3.54. The zero-order chi connectivity index (χ0) is 29.8. The lowest BCUT2D eigenvalue weighted by molar-refractivity contribution is -0.143. The summed E-state index contributed by atoms with van der Waals surface area (Å²) in [7, 11) is -2.42. The highest BCUT2D eigenvalue weighted by Gasteiger charge is 2.47. The van der Waals surface area contributed by atoms with Gasteiger partial charge in [0.25, 0.3) is 0 Å². The third-order valence-corrected chi connectivity index (χ3v) is 9.49. The Balaban J connectivity index is 1.61. The van der Waals surface area contributed by atoms with Crippen LogP contribution in [0.5, 0.6) is 17.2 Å². The van der Waals surface area contributed by atoms with E-state index < -0.39 is 58.6 Å². The lowest BCUT2D eigenvalue weighted by Gasteiger charge is -2.30. The van der Waals surface area contributed by atoms with Gasteiger partial charge < -0.3 is 19.3 Å². The van der Waals surface area contributed by atoms with Gasteiger partial charge in [0.1, 0.15) is 5.75 Å². The van der Waals surface area contributed by atoms with Crippen molar-refractivity contribution >= 4 is 16.0 Å². The highest BCUT2D eigenvalue weighted by atomic mass is 32.2. The first kappa shape index (κ1) is 30.9. The van der Waals surface area contributed by atoms with Crippen LogP contribution in [-0.4, -0.2) is 80.7 Å². The highest BCUT2D eigenvalue weighted by molar-refractivity contribution is 7.89. The van der Waals surface area contributed by atoms with E-state index in [4.69, 9.17) is 14.2 Å². The molecule has 1 N–H and O–H groups in total. The topological polar surface area (TPSA) is 106 Å². The number of carbonyl (C=O) groups is 1. The van der Waals surface area contributed by atoms with E-state index in [-0.39, 0.29) is 26.4 Å². The fourth-order valence-electron chi connectivity index (χ4n) is 5.60. The van der Waals surface area contributed by atoms with Gasteiger partial charge in [-0.05, 0) is 48.2 Å². The molecule has 2 heterocycles. The number of fused-ring (bicyclic) bond motifs is 1. The van der Waals surface area contributed by atoms with Crippen LogP contribution in [0.25, 0.3) is 0 Å². The number of sulfonamides is 1. The van der Waals surface area contributed by atoms with Gasteiger partial charge >= 0.3 is 12.1 Å². The van der Waals surface area contributed by atoms with Crippen LogP contribution in [0.2, 0.25) is 0 Å². The number of likely N-dealkylation sites (tertiary alicyclic amines) is 1. The van der Waals surface area contributed by atoms with Gasteiger partial charge in [-0.1, -0.05) is 25.1 Å². The molecule has 41 heavy (non-hydrogen) atoms. The van der Waals surface area contributed by atoms with E-state index in [2.05, 4.69) is 0 Å². The first-order valence-electron chi connectivity index (χ1n) is 13.5. The van der Waals surface area contributed by atoms with Gasteiger partial charge in [0, 0.05) is 44.6 Å². The van der Waals surface area contributed by atoms with Gasteiger partial charge in [-0.15, -0.1) is 0 Å². The van der Waals surface area contributed by atoms with Gasteiger partial charge in [-0.25, -0.2) is 12.7 Å². The first-order valence-corrected chi connectivity index (χ1v) is 15.1. The van der Waals surface area contributed by atoms with Crippen molar-refractivity contribution in [2.75, 3.05) is 45.8 Å². The number of carboxylic acids is 1. The summed E-state index contributed by atoms with van der Waals surface area (Å²) in [4.78, 5) is 14.7. The van der Waals surface area contributed by atoms with E-state index in [1.807, 2.05) is 11.0 Å². The second-order valence-corrected chi connectivity index (χ2v) is 12.3. The van der Waals surface area contributed by atoms with Crippen molar-refractivity contribution in [3.05, 3.63) is 53.6 Å². The largest absolute Gasteiger partial charge is 0.497 e. The number of hydrogen-bond donors (Lipinski definition) is 1. The third-order valence-electron chi connectivity index (χ3n) is 7.53. The van der Waals surface area contributed by atoms with Crippen LogP contribution in [0, 0.1) is 5.92 Å². The van der Waals surface area contributed by atoms with Gasteiger partial charge in [0.05, 0.1) is 18.8 Å². The quantitative estimate of drug-likeness (QED) is 0.354. The normalized spacial score (nSPS) is 21.0. The minimum absolute atomic E-state index is 0.0229. The lowest BCUT2D eigenvalue weighted by atomic mass is 9.82. The van der Waals surface area contributed by atoms with Crippen LogP contribution in [0.15, 0.2) is 42.5 Å². The Labute approximate surface area is 237 Å². The molecule has 226 valence electrons. The Morgan fingerprint density at radius 1 is 1.10 bits per heavy atom. The molecule has 1 fully saturated rings. The molecule has 2 aromatic rings. The molecule has 0 saturated carbocycles. The molecule has 0 unspecified atom stereocenters. The number of hydrogen-bond acceptors (Lipinski definition) is 7. The van der Waals surface area contributed by atoms with Gasteiger partial charge in [-0.3, -0.25) is 9.69 Å². The molecule has 13 heteroatoms. The molecule has 2 aliphatic rings. The first-order chi connectivity index (χ1) is 19.4. The summed E-state index contributed by atoms with van der Waals surface area (Å²) in [6.07, 6.45) is -5.63. The number of benzene rings is 2. The standard InChI is InChI=1S/C28H35F3N2O7S/c1-3-12-33(41(36,37)15-4-11-28(29,30)31)14-13-32-17-22(20-7-10-23-24(16-20)40-18-39-23)25(27(34)35)26(32)19-5-8-21(38-2)9-6-19/h5-10,16,22,25-26H,3-4,11-15,17-18H2,1-2H3,(H,34,35)/t22-,25-,26+/m1/s1. The predicted octanol–water partition coefficient (Wildman–Crippen LogP) is 4.65. The van der Waals surface area contributed by atoms with Crippen LogP contribution in [0.3, 0.4) is 0 Å². The van der Waals surface area contributed by atoms with Gasteiger partial charge in [0.2, 0.25) is 16.8 Å². The molecule has 9 nitrogen and oxygen atoms in total. The molecular formula is C28H35F3N2O7S. The summed E-state index contributed by atoms with van der Waals surface area (Å²) < 4.78 is 81.4. The van der Waals surface area contributed by atoms with Crippen LogP contribution in [-0.2, 0) is 14.8 Å². The Bertz CT molecular complexity index is 1300. The fraction of sp³-hybridized carbons (Fsp3) is 0.536. The Kier molecular flexibility index (Phi) is 9.70. The maximum Gasteiger partial charge on any atom is 0.389 e. The van der Waals surface area contributed by atoms with Crippen LogP contribution < -0.4 is 14.2 Å². The zero-order valence-corrected chi connectivity index (χ0v) is 23.8. The summed E-state index contributed by atoms with van der Waals surface area (Å²) >= 11 is 0. The third kappa shape index (κ3) is 7.44. The molecule has 1 saturated heterocycles. The molecule has 0 spiro atoms. The molecule has 0 radical (unpaired) electrons. The number of carboxylic acid groups (broad SMARTS) is 1. The fourth-order valence-corrected chi connectivity index (χ4v) is 7.19. The van der Waals surface area contributed by atoms with Crippen LogP contribution in [0.4, 0.5) is 13.2 Å². The monoisotopic (exact) mass is 600 g/mol. The molecule has 2 aromatic carbocycles. The maximum atomic E-state index is 13.0. The molecule has 3 atom stereocenters. The minimum atomic E-state index is -4.43. The highest BCUT2D eigenvalue weighted by Crippen LogP contribution is 2.47. The Morgan fingerprint density at radius 2 is 1.78 bits per heavy atom. The van der Waals surface area contributed by atoms with Crippen LogP contribution in [0.1, 0.15) is 49.3 Å². The summed E-state index contributed by atoms with van der Waals surface area (Å²) in [5.74, 6) is -1.20. The van der Waals surface area contributed by atoms with E-state index in [1.165, 1.54) is 11.4 Å². The number of nitrogens with zero attached hydrogens (tertiary/aromatic N) is 2. The minimum Gasteiger partial charge on any atom is -0.497 e. The molecule has 0 bridgehead atoms. The van der Waals surface area contributed by atoms with Gasteiger partial charge in [-0.2, -0.15) is 13.2 Å². The number of rotatable bonds is 13. The van der Waals surface area contributed by atoms with Crippen molar-refractivity contribution in [3.63, 3.8) is 0 Å².